The first kappa shape index (κ1) is 15.5. The molecule has 0 saturated heterocycles. The second-order valence-corrected chi connectivity index (χ2v) is 4.73. The molecule has 1 rings (SSSR count). The van der Waals surface area contributed by atoms with Crippen LogP contribution in [0.1, 0.15) is 24.2 Å². The van der Waals surface area contributed by atoms with E-state index in [0.29, 0.717) is 16.3 Å². The van der Waals surface area contributed by atoms with E-state index in [1.807, 2.05) is 0 Å². The van der Waals surface area contributed by atoms with Crippen molar-refractivity contribution in [2.75, 3.05) is 12.4 Å². The molecule has 0 aliphatic heterocycles. The first-order valence-corrected chi connectivity index (χ1v) is 6.19. The number of nitrogens with one attached hydrogen (secondary N) is 1. The SMILES string of the molecule is COC(=O)c1ccc(Cl)c(NC(=O)C(C)C(C)N)c1. The maximum absolute atomic E-state index is 11.9. The zero-order valence-electron chi connectivity index (χ0n) is 11.1. The van der Waals surface area contributed by atoms with Crippen LogP contribution in [0.2, 0.25) is 5.02 Å². The number of esters is 1. The van der Waals surface area contributed by atoms with Crippen molar-refractivity contribution in [2.45, 2.75) is 19.9 Å². The van der Waals surface area contributed by atoms with Gasteiger partial charge in [-0.3, -0.25) is 4.79 Å². The van der Waals surface area contributed by atoms with Gasteiger partial charge in [0.2, 0.25) is 5.91 Å². The summed E-state index contributed by atoms with van der Waals surface area (Å²) in [4.78, 5) is 23.3. The number of carbonyl (C=O) groups is 2. The molecule has 0 fully saturated rings. The Kier molecular flexibility index (Phi) is 5.32. The fourth-order valence-electron chi connectivity index (χ4n) is 1.35. The fraction of sp³-hybridized carbons (Fsp3) is 0.385. The van der Waals surface area contributed by atoms with Crippen molar-refractivity contribution in [2.24, 2.45) is 11.7 Å². The predicted octanol–water partition coefficient (Wildman–Crippen LogP) is 2.05. The van der Waals surface area contributed by atoms with Crippen LogP contribution in [0.5, 0.6) is 0 Å². The molecule has 0 radical (unpaired) electrons. The summed E-state index contributed by atoms with van der Waals surface area (Å²) in [5.41, 5.74) is 6.34. The molecule has 0 heterocycles. The predicted molar refractivity (Wildman–Crippen MR) is 74.2 cm³/mol. The lowest BCUT2D eigenvalue weighted by Crippen LogP contribution is -2.34. The van der Waals surface area contributed by atoms with Crippen LogP contribution in [0.25, 0.3) is 0 Å². The Balaban J connectivity index is 2.94. The molecule has 1 aromatic rings. The van der Waals surface area contributed by atoms with Gasteiger partial charge in [-0.15, -0.1) is 0 Å². The van der Waals surface area contributed by atoms with E-state index in [1.165, 1.54) is 25.3 Å². The highest BCUT2D eigenvalue weighted by Crippen LogP contribution is 2.24. The summed E-state index contributed by atoms with van der Waals surface area (Å²) in [5, 5.41) is 3.00. The van der Waals surface area contributed by atoms with Gasteiger partial charge in [-0.05, 0) is 25.1 Å². The third kappa shape index (κ3) is 3.94. The molecule has 6 heteroatoms. The van der Waals surface area contributed by atoms with Gasteiger partial charge in [-0.2, -0.15) is 0 Å². The van der Waals surface area contributed by atoms with Crippen LogP contribution in [0.3, 0.4) is 0 Å². The number of halogens is 1. The van der Waals surface area contributed by atoms with Crippen molar-refractivity contribution < 1.29 is 14.3 Å². The van der Waals surface area contributed by atoms with Crippen LogP contribution in [0, 0.1) is 5.92 Å². The van der Waals surface area contributed by atoms with E-state index in [9.17, 15) is 9.59 Å². The van der Waals surface area contributed by atoms with Crippen molar-refractivity contribution in [1.29, 1.82) is 0 Å². The Hall–Kier alpha value is -1.59. The number of hydrogen-bond acceptors (Lipinski definition) is 4. The highest BCUT2D eigenvalue weighted by atomic mass is 35.5. The smallest absolute Gasteiger partial charge is 0.337 e. The number of carbonyl (C=O) groups excluding carboxylic acids is 2. The van der Waals surface area contributed by atoms with Crippen LogP contribution in [-0.4, -0.2) is 25.0 Å². The van der Waals surface area contributed by atoms with Gasteiger partial charge in [0.15, 0.2) is 0 Å². The minimum absolute atomic E-state index is 0.251. The summed E-state index contributed by atoms with van der Waals surface area (Å²) >= 11 is 5.97. The zero-order valence-corrected chi connectivity index (χ0v) is 11.8. The summed E-state index contributed by atoms with van der Waals surface area (Å²) in [6, 6.07) is 4.25. The van der Waals surface area contributed by atoms with Crippen molar-refractivity contribution in [3.63, 3.8) is 0 Å². The molecule has 2 unspecified atom stereocenters. The van der Waals surface area contributed by atoms with E-state index < -0.39 is 5.97 Å². The number of anilines is 1. The van der Waals surface area contributed by atoms with Crippen LogP contribution in [0.15, 0.2) is 18.2 Å². The van der Waals surface area contributed by atoms with Gasteiger partial charge in [0.25, 0.3) is 0 Å². The van der Waals surface area contributed by atoms with Crippen molar-refractivity contribution in [3.8, 4) is 0 Å². The van der Waals surface area contributed by atoms with E-state index in [-0.39, 0.29) is 17.9 Å². The molecule has 104 valence electrons. The molecule has 19 heavy (non-hydrogen) atoms. The van der Waals surface area contributed by atoms with Crippen molar-refractivity contribution in [1.82, 2.24) is 0 Å². The number of rotatable bonds is 4. The standard InChI is InChI=1S/C13H17ClN2O3/c1-7(8(2)15)12(17)16-11-6-9(13(18)19-3)4-5-10(11)14/h4-8H,15H2,1-3H3,(H,16,17). The Morgan fingerprint density at radius 1 is 1.37 bits per heavy atom. The maximum atomic E-state index is 11.9. The quantitative estimate of drug-likeness (QED) is 0.829. The molecule has 5 nitrogen and oxygen atoms in total. The second kappa shape index (κ2) is 6.54. The van der Waals surface area contributed by atoms with E-state index in [4.69, 9.17) is 17.3 Å². The molecule has 0 aliphatic rings. The van der Waals surface area contributed by atoms with Crippen LogP contribution >= 0.6 is 11.6 Å². The Morgan fingerprint density at radius 2 is 2.00 bits per heavy atom. The molecule has 0 aromatic heterocycles. The van der Waals surface area contributed by atoms with Crippen molar-refractivity contribution >= 4 is 29.2 Å². The van der Waals surface area contributed by atoms with Gasteiger partial charge >= 0.3 is 5.97 Å². The van der Waals surface area contributed by atoms with Gasteiger partial charge in [0, 0.05) is 6.04 Å². The number of nitrogens with two attached hydrogens (primary N) is 1. The molecular weight excluding hydrogens is 268 g/mol. The summed E-state index contributed by atoms with van der Waals surface area (Å²) < 4.78 is 4.61. The number of methoxy groups -OCH3 is 1. The van der Waals surface area contributed by atoms with Gasteiger partial charge < -0.3 is 15.8 Å². The topological polar surface area (TPSA) is 81.4 Å². The lowest BCUT2D eigenvalue weighted by molar-refractivity contribution is -0.119. The summed E-state index contributed by atoms with van der Waals surface area (Å²) in [7, 11) is 1.29. The highest BCUT2D eigenvalue weighted by molar-refractivity contribution is 6.33. The minimum atomic E-state index is -0.493. The molecule has 1 amide bonds. The van der Waals surface area contributed by atoms with Crippen LogP contribution in [0.4, 0.5) is 5.69 Å². The van der Waals surface area contributed by atoms with Gasteiger partial charge in [0.05, 0.1) is 29.3 Å². The van der Waals surface area contributed by atoms with E-state index >= 15 is 0 Å². The van der Waals surface area contributed by atoms with Gasteiger partial charge in [0.1, 0.15) is 0 Å². The van der Waals surface area contributed by atoms with E-state index in [2.05, 4.69) is 10.1 Å². The molecule has 0 bridgehead atoms. The number of benzene rings is 1. The van der Waals surface area contributed by atoms with E-state index in [0.717, 1.165) is 0 Å². The normalized spacial score (nSPS) is 13.5. The molecule has 1 aromatic carbocycles. The van der Waals surface area contributed by atoms with Crippen molar-refractivity contribution in [3.05, 3.63) is 28.8 Å². The Morgan fingerprint density at radius 3 is 2.53 bits per heavy atom. The molecule has 0 spiro atoms. The van der Waals surface area contributed by atoms with Gasteiger partial charge in [-0.25, -0.2) is 4.79 Å². The van der Waals surface area contributed by atoms with Crippen LogP contribution in [-0.2, 0) is 9.53 Å². The lowest BCUT2D eigenvalue weighted by Gasteiger charge is -2.16. The Bertz CT molecular complexity index is 489. The average Bonchev–Trinajstić information content (AvgIpc) is 2.39. The summed E-state index contributed by atoms with van der Waals surface area (Å²) in [6.45, 7) is 3.47. The lowest BCUT2D eigenvalue weighted by atomic mass is 10.0. The number of ether oxygens (including phenoxy) is 1. The number of amides is 1. The highest BCUT2D eigenvalue weighted by Gasteiger charge is 2.18. The average molecular weight is 285 g/mol. The summed E-state index contributed by atoms with van der Waals surface area (Å²) in [5.74, 6) is -1.11. The molecule has 2 atom stereocenters. The summed E-state index contributed by atoms with van der Waals surface area (Å²) in [6.07, 6.45) is 0. The van der Waals surface area contributed by atoms with Gasteiger partial charge in [-0.1, -0.05) is 18.5 Å². The molecule has 0 aliphatic carbocycles. The monoisotopic (exact) mass is 284 g/mol. The maximum Gasteiger partial charge on any atom is 0.337 e. The largest absolute Gasteiger partial charge is 0.465 e. The molecule has 3 N–H and O–H groups in total. The molecular formula is C13H17ClN2O3. The third-order valence-electron chi connectivity index (χ3n) is 2.85. The number of hydrogen-bond donors (Lipinski definition) is 2. The first-order valence-electron chi connectivity index (χ1n) is 5.81. The fourth-order valence-corrected chi connectivity index (χ4v) is 1.52. The van der Waals surface area contributed by atoms with Crippen LogP contribution < -0.4 is 11.1 Å². The second-order valence-electron chi connectivity index (χ2n) is 4.32. The third-order valence-corrected chi connectivity index (χ3v) is 3.18. The first-order chi connectivity index (χ1) is 8.86. The molecule has 0 saturated carbocycles. The Labute approximate surface area is 117 Å². The minimum Gasteiger partial charge on any atom is -0.465 e. The van der Waals surface area contributed by atoms with E-state index in [1.54, 1.807) is 13.8 Å². The zero-order chi connectivity index (χ0) is 14.6.